The normalized spacial score (nSPS) is 12.7. The quantitative estimate of drug-likeness (QED) is 0.725. The maximum atomic E-state index is 5.81. The number of benzene rings is 1. The Bertz CT molecular complexity index is 764. The Morgan fingerprint density at radius 3 is 2.77 bits per heavy atom. The third-order valence-electron chi connectivity index (χ3n) is 3.79. The first-order valence-electron chi connectivity index (χ1n) is 7.48. The van der Waals surface area contributed by atoms with Gasteiger partial charge in [-0.1, -0.05) is 29.8 Å². The van der Waals surface area contributed by atoms with Gasteiger partial charge in [0.1, 0.15) is 11.0 Å². The molecule has 4 nitrogen and oxygen atoms in total. The Kier molecular flexibility index (Phi) is 4.41. The Hall–Kier alpha value is -1.91. The van der Waals surface area contributed by atoms with Gasteiger partial charge in [-0.05, 0) is 37.6 Å². The van der Waals surface area contributed by atoms with Crippen molar-refractivity contribution in [3.05, 3.63) is 59.1 Å². The fourth-order valence-corrected chi connectivity index (χ4v) is 2.74. The minimum absolute atomic E-state index is 0.156. The van der Waals surface area contributed by atoms with E-state index in [0.717, 1.165) is 30.0 Å². The molecule has 2 heterocycles. The second-order valence-corrected chi connectivity index (χ2v) is 5.68. The molecule has 0 radical (unpaired) electrons. The van der Waals surface area contributed by atoms with Crippen molar-refractivity contribution in [1.82, 2.24) is 19.9 Å². The van der Waals surface area contributed by atoms with Crippen molar-refractivity contribution in [2.75, 3.05) is 0 Å². The fourth-order valence-electron chi connectivity index (χ4n) is 2.63. The van der Waals surface area contributed by atoms with Gasteiger partial charge in [-0.3, -0.25) is 0 Å². The van der Waals surface area contributed by atoms with Gasteiger partial charge in [-0.15, -0.1) is 0 Å². The minimum atomic E-state index is 0.156. The maximum Gasteiger partial charge on any atom is 0.129 e. The zero-order valence-corrected chi connectivity index (χ0v) is 13.5. The van der Waals surface area contributed by atoms with Gasteiger partial charge in [-0.25, -0.2) is 9.97 Å². The number of imidazole rings is 1. The van der Waals surface area contributed by atoms with Crippen molar-refractivity contribution in [3.63, 3.8) is 0 Å². The Morgan fingerprint density at radius 2 is 2.05 bits per heavy atom. The number of aromatic nitrogens is 3. The Balaban J connectivity index is 1.79. The maximum absolute atomic E-state index is 5.81. The first-order valence-corrected chi connectivity index (χ1v) is 7.86. The van der Waals surface area contributed by atoms with Gasteiger partial charge >= 0.3 is 0 Å². The van der Waals surface area contributed by atoms with Gasteiger partial charge < -0.3 is 9.88 Å². The summed E-state index contributed by atoms with van der Waals surface area (Å²) in [4.78, 5) is 8.88. The van der Waals surface area contributed by atoms with Crippen molar-refractivity contribution in [3.8, 4) is 0 Å². The minimum Gasteiger partial charge on any atom is -0.327 e. The lowest BCUT2D eigenvalue weighted by Gasteiger charge is -2.15. The standard InChI is InChI=1S/C17H19ClN4/c1-3-22-15-7-5-4-6-14(15)21-17(22)12(2)19-10-13-8-9-16(18)20-11-13/h4-9,11-12,19H,3,10H2,1-2H3. The van der Waals surface area contributed by atoms with E-state index in [-0.39, 0.29) is 6.04 Å². The summed E-state index contributed by atoms with van der Waals surface area (Å²) in [5.41, 5.74) is 3.33. The predicted octanol–water partition coefficient (Wildman–Crippen LogP) is 3.96. The molecule has 0 bridgehead atoms. The molecule has 0 fully saturated rings. The highest BCUT2D eigenvalue weighted by Crippen LogP contribution is 2.21. The summed E-state index contributed by atoms with van der Waals surface area (Å²) in [5.74, 6) is 1.06. The van der Waals surface area contributed by atoms with E-state index in [1.807, 2.05) is 18.2 Å². The number of halogens is 1. The molecule has 0 saturated heterocycles. The van der Waals surface area contributed by atoms with Crippen LogP contribution in [0.3, 0.4) is 0 Å². The summed E-state index contributed by atoms with van der Waals surface area (Å²) in [6, 6.07) is 12.2. The van der Waals surface area contributed by atoms with E-state index in [2.05, 4.69) is 46.9 Å². The zero-order valence-electron chi connectivity index (χ0n) is 12.8. The van der Waals surface area contributed by atoms with Gasteiger partial charge in [0.05, 0.1) is 17.1 Å². The van der Waals surface area contributed by atoms with E-state index in [9.17, 15) is 0 Å². The third-order valence-corrected chi connectivity index (χ3v) is 4.01. The first kappa shape index (κ1) is 15.0. The molecule has 22 heavy (non-hydrogen) atoms. The highest BCUT2D eigenvalue weighted by Gasteiger charge is 2.15. The van der Waals surface area contributed by atoms with E-state index >= 15 is 0 Å². The number of fused-ring (bicyclic) bond motifs is 1. The lowest BCUT2D eigenvalue weighted by molar-refractivity contribution is 0.521. The van der Waals surface area contributed by atoms with E-state index in [1.165, 1.54) is 5.52 Å². The van der Waals surface area contributed by atoms with E-state index in [0.29, 0.717) is 5.15 Å². The number of hydrogen-bond acceptors (Lipinski definition) is 3. The molecule has 0 aliphatic carbocycles. The number of para-hydroxylation sites is 2. The molecule has 0 amide bonds. The van der Waals surface area contributed by atoms with Crippen LogP contribution in [0.2, 0.25) is 5.15 Å². The van der Waals surface area contributed by atoms with Crippen molar-refractivity contribution in [2.24, 2.45) is 0 Å². The molecule has 0 saturated carbocycles. The van der Waals surface area contributed by atoms with Gasteiger partial charge in [-0.2, -0.15) is 0 Å². The smallest absolute Gasteiger partial charge is 0.129 e. The van der Waals surface area contributed by atoms with Crippen LogP contribution in [0.4, 0.5) is 0 Å². The molecule has 1 N–H and O–H groups in total. The third kappa shape index (κ3) is 2.98. The van der Waals surface area contributed by atoms with Gasteiger partial charge in [0.2, 0.25) is 0 Å². The summed E-state index contributed by atoms with van der Waals surface area (Å²) in [6.07, 6.45) is 1.80. The lowest BCUT2D eigenvalue weighted by atomic mass is 10.2. The fraction of sp³-hybridized carbons (Fsp3) is 0.294. The van der Waals surface area contributed by atoms with Crippen LogP contribution in [0.5, 0.6) is 0 Å². The van der Waals surface area contributed by atoms with Crippen LogP contribution in [0, 0.1) is 0 Å². The number of hydrogen-bond donors (Lipinski definition) is 1. The van der Waals surface area contributed by atoms with Crippen LogP contribution >= 0.6 is 11.6 Å². The molecule has 114 valence electrons. The van der Waals surface area contributed by atoms with E-state index in [1.54, 1.807) is 6.20 Å². The highest BCUT2D eigenvalue weighted by molar-refractivity contribution is 6.29. The molecule has 1 aromatic carbocycles. The van der Waals surface area contributed by atoms with Crippen LogP contribution in [-0.2, 0) is 13.1 Å². The number of aryl methyl sites for hydroxylation is 1. The monoisotopic (exact) mass is 314 g/mol. The molecule has 0 spiro atoms. The molecule has 2 aromatic heterocycles. The molecule has 1 unspecified atom stereocenters. The summed E-state index contributed by atoms with van der Waals surface area (Å²) < 4.78 is 2.26. The predicted molar refractivity (Wildman–Crippen MR) is 89.9 cm³/mol. The van der Waals surface area contributed by atoms with Crippen LogP contribution in [0.25, 0.3) is 11.0 Å². The molecule has 0 aliphatic rings. The largest absolute Gasteiger partial charge is 0.327 e. The van der Waals surface area contributed by atoms with Crippen LogP contribution in [0.1, 0.15) is 31.3 Å². The molecular weight excluding hydrogens is 296 g/mol. The topological polar surface area (TPSA) is 42.7 Å². The van der Waals surface area contributed by atoms with Gasteiger partial charge in [0.15, 0.2) is 0 Å². The number of nitrogens with zero attached hydrogens (tertiary/aromatic N) is 3. The average Bonchev–Trinajstić information content (AvgIpc) is 2.92. The number of pyridine rings is 1. The van der Waals surface area contributed by atoms with Gasteiger partial charge in [0, 0.05) is 19.3 Å². The summed E-state index contributed by atoms with van der Waals surface area (Å²) in [7, 11) is 0. The molecule has 3 aromatic rings. The zero-order chi connectivity index (χ0) is 15.5. The first-order chi connectivity index (χ1) is 10.7. The molecular formula is C17H19ClN4. The molecule has 0 aliphatic heterocycles. The van der Waals surface area contributed by atoms with Gasteiger partial charge in [0.25, 0.3) is 0 Å². The van der Waals surface area contributed by atoms with Crippen molar-refractivity contribution < 1.29 is 0 Å². The lowest BCUT2D eigenvalue weighted by Crippen LogP contribution is -2.21. The van der Waals surface area contributed by atoms with E-state index < -0.39 is 0 Å². The van der Waals surface area contributed by atoms with Crippen molar-refractivity contribution in [1.29, 1.82) is 0 Å². The SMILES string of the molecule is CCn1c(C(C)NCc2ccc(Cl)nc2)nc2ccccc21. The second-order valence-electron chi connectivity index (χ2n) is 5.29. The van der Waals surface area contributed by atoms with Crippen molar-refractivity contribution in [2.45, 2.75) is 33.0 Å². The highest BCUT2D eigenvalue weighted by atomic mass is 35.5. The number of nitrogens with one attached hydrogen (secondary N) is 1. The average molecular weight is 315 g/mol. The Morgan fingerprint density at radius 1 is 1.23 bits per heavy atom. The summed E-state index contributed by atoms with van der Waals surface area (Å²) >= 11 is 5.81. The second kappa shape index (κ2) is 6.46. The summed E-state index contributed by atoms with van der Waals surface area (Å²) in [6.45, 7) is 5.92. The molecule has 5 heteroatoms. The Labute approximate surface area is 135 Å². The van der Waals surface area contributed by atoms with E-state index in [4.69, 9.17) is 16.6 Å². The van der Waals surface area contributed by atoms with Crippen LogP contribution < -0.4 is 5.32 Å². The summed E-state index contributed by atoms with van der Waals surface area (Å²) in [5, 5.41) is 4.02. The van der Waals surface area contributed by atoms with Crippen LogP contribution in [-0.4, -0.2) is 14.5 Å². The molecule has 1 atom stereocenters. The number of rotatable bonds is 5. The van der Waals surface area contributed by atoms with Crippen molar-refractivity contribution >= 4 is 22.6 Å². The molecule has 3 rings (SSSR count). The van der Waals surface area contributed by atoms with Crippen LogP contribution in [0.15, 0.2) is 42.6 Å².